The maximum atomic E-state index is 11.5. The quantitative estimate of drug-likeness (QED) is 0.306. The number of nitrogens with zero attached hydrogens (tertiary/aromatic N) is 1. The van der Waals surface area contributed by atoms with Crippen LogP contribution in [0.4, 0.5) is 0 Å². The van der Waals surface area contributed by atoms with Gasteiger partial charge in [-0.25, -0.2) is 4.79 Å². The monoisotopic (exact) mass is 273 g/mol. The topological polar surface area (TPSA) is 48.0 Å². The molecule has 112 valence electrons. The van der Waals surface area contributed by atoms with E-state index in [4.69, 9.17) is 14.2 Å². The first-order valence-electron chi connectivity index (χ1n) is 6.88. The van der Waals surface area contributed by atoms with Crippen LogP contribution in [0.5, 0.6) is 0 Å². The van der Waals surface area contributed by atoms with Crippen LogP contribution >= 0.6 is 0 Å². The van der Waals surface area contributed by atoms with Gasteiger partial charge in [0.15, 0.2) is 0 Å². The van der Waals surface area contributed by atoms with Crippen molar-refractivity contribution < 1.29 is 19.0 Å². The first kappa shape index (κ1) is 18.1. The Labute approximate surface area is 116 Å². The van der Waals surface area contributed by atoms with Gasteiger partial charge in [-0.2, -0.15) is 0 Å². The predicted octanol–water partition coefficient (Wildman–Crippen LogP) is 1.48. The zero-order valence-corrected chi connectivity index (χ0v) is 12.4. The fourth-order valence-corrected chi connectivity index (χ4v) is 1.51. The molecule has 0 bridgehead atoms. The van der Waals surface area contributed by atoms with E-state index in [0.717, 1.165) is 13.1 Å². The molecule has 0 aromatic heterocycles. The Balaban J connectivity index is 4.14. The lowest BCUT2D eigenvalue weighted by atomic mass is 10.3. The van der Waals surface area contributed by atoms with Gasteiger partial charge in [-0.15, -0.1) is 0 Å². The van der Waals surface area contributed by atoms with Crippen molar-refractivity contribution >= 4 is 5.97 Å². The molecule has 5 heteroatoms. The standard InChI is InChI=1S/C14H27NO4/c1-5-17-10-8-15(9-11-18-6-2)12-13(4)14(16)19-7-3/h4-12H2,1-3H3. The largest absolute Gasteiger partial charge is 0.463 e. The average molecular weight is 273 g/mol. The Hall–Kier alpha value is -0.910. The summed E-state index contributed by atoms with van der Waals surface area (Å²) in [4.78, 5) is 13.6. The molecule has 0 atom stereocenters. The van der Waals surface area contributed by atoms with Crippen molar-refractivity contribution in [1.29, 1.82) is 0 Å². The Morgan fingerprint density at radius 2 is 1.53 bits per heavy atom. The predicted molar refractivity (Wildman–Crippen MR) is 75.2 cm³/mol. The summed E-state index contributed by atoms with van der Waals surface area (Å²) in [6, 6.07) is 0. The minimum atomic E-state index is -0.333. The molecule has 0 spiro atoms. The molecule has 0 rings (SSSR count). The van der Waals surface area contributed by atoms with Gasteiger partial charge in [0.1, 0.15) is 0 Å². The Bertz CT molecular complexity index is 246. The normalized spacial score (nSPS) is 10.7. The summed E-state index contributed by atoms with van der Waals surface area (Å²) in [5.41, 5.74) is 0.467. The summed E-state index contributed by atoms with van der Waals surface area (Å²) in [5, 5.41) is 0. The van der Waals surface area contributed by atoms with E-state index < -0.39 is 0 Å². The molecular weight excluding hydrogens is 246 g/mol. The van der Waals surface area contributed by atoms with E-state index in [0.29, 0.717) is 45.2 Å². The second kappa shape index (κ2) is 12.1. The minimum Gasteiger partial charge on any atom is -0.463 e. The lowest BCUT2D eigenvalue weighted by Crippen LogP contribution is -2.34. The molecular formula is C14H27NO4. The van der Waals surface area contributed by atoms with Gasteiger partial charge in [0.05, 0.1) is 19.8 Å². The third-order valence-electron chi connectivity index (χ3n) is 2.49. The molecule has 0 unspecified atom stereocenters. The van der Waals surface area contributed by atoms with Crippen LogP contribution in [0.2, 0.25) is 0 Å². The van der Waals surface area contributed by atoms with Crippen molar-refractivity contribution in [2.45, 2.75) is 20.8 Å². The van der Waals surface area contributed by atoms with Crippen molar-refractivity contribution in [1.82, 2.24) is 4.90 Å². The van der Waals surface area contributed by atoms with Crippen molar-refractivity contribution in [2.24, 2.45) is 0 Å². The molecule has 0 aliphatic heterocycles. The minimum absolute atomic E-state index is 0.333. The van der Waals surface area contributed by atoms with E-state index in [1.54, 1.807) is 6.92 Å². The third-order valence-corrected chi connectivity index (χ3v) is 2.49. The highest BCUT2D eigenvalue weighted by atomic mass is 16.5. The molecule has 0 amide bonds. The number of carbonyl (C=O) groups is 1. The number of hydrogen-bond acceptors (Lipinski definition) is 5. The van der Waals surface area contributed by atoms with Gasteiger partial charge in [0, 0.05) is 38.4 Å². The molecule has 0 radical (unpaired) electrons. The highest BCUT2D eigenvalue weighted by molar-refractivity contribution is 5.88. The molecule has 0 aromatic carbocycles. The molecule has 0 saturated heterocycles. The Kier molecular flexibility index (Phi) is 11.6. The molecule has 0 N–H and O–H groups in total. The van der Waals surface area contributed by atoms with E-state index in [1.165, 1.54) is 0 Å². The molecule has 5 nitrogen and oxygen atoms in total. The first-order valence-corrected chi connectivity index (χ1v) is 6.88. The van der Waals surface area contributed by atoms with Gasteiger partial charge >= 0.3 is 5.97 Å². The summed E-state index contributed by atoms with van der Waals surface area (Å²) < 4.78 is 15.6. The van der Waals surface area contributed by atoms with Gasteiger partial charge in [0.25, 0.3) is 0 Å². The number of esters is 1. The average Bonchev–Trinajstić information content (AvgIpc) is 2.39. The van der Waals surface area contributed by atoms with Crippen LogP contribution in [0.15, 0.2) is 12.2 Å². The van der Waals surface area contributed by atoms with Crippen LogP contribution in [0.25, 0.3) is 0 Å². The van der Waals surface area contributed by atoms with Crippen molar-refractivity contribution in [2.75, 3.05) is 52.7 Å². The van der Waals surface area contributed by atoms with Crippen LogP contribution in [-0.4, -0.2) is 63.5 Å². The van der Waals surface area contributed by atoms with E-state index in [1.807, 2.05) is 13.8 Å². The molecule has 0 fully saturated rings. The van der Waals surface area contributed by atoms with E-state index >= 15 is 0 Å². The maximum Gasteiger partial charge on any atom is 0.334 e. The first-order chi connectivity index (χ1) is 9.15. The molecule has 0 aliphatic rings. The maximum absolute atomic E-state index is 11.5. The molecule has 0 saturated carbocycles. The Morgan fingerprint density at radius 1 is 1.00 bits per heavy atom. The lowest BCUT2D eigenvalue weighted by molar-refractivity contribution is -0.138. The van der Waals surface area contributed by atoms with Gasteiger partial charge in [-0.1, -0.05) is 6.58 Å². The third kappa shape index (κ3) is 9.64. The van der Waals surface area contributed by atoms with Crippen molar-refractivity contribution in [3.63, 3.8) is 0 Å². The molecule has 0 heterocycles. The summed E-state index contributed by atoms with van der Waals surface area (Å²) in [7, 11) is 0. The summed E-state index contributed by atoms with van der Waals surface area (Å²) in [6.45, 7) is 14.5. The van der Waals surface area contributed by atoms with Gasteiger partial charge in [0.2, 0.25) is 0 Å². The van der Waals surface area contributed by atoms with E-state index in [2.05, 4.69) is 11.5 Å². The summed E-state index contributed by atoms with van der Waals surface area (Å²) >= 11 is 0. The summed E-state index contributed by atoms with van der Waals surface area (Å²) in [5.74, 6) is -0.333. The highest BCUT2D eigenvalue weighted by Gasteiger charge is 2.13. The van der Waals surface area contributed by atoms with Crippen LogP contribution in [0.1, 0.15) is 20.8 Å². The second-order valence-corrected chi connectivity index (χ2v) is 3.99. The fraction of sp³-hybridized carbons (Fsp3) is 0.786. The van der Waals surface area contributed by atoms with Crippen LogP contribution in [0, 0.1) is 0 Å². The molecule has 0 aromatic rings. The van der Waals surface area contributed by atoms with Crippen LogP contribution < -0.4 is 0 Å². The van der Waals surface area contributed by atoms with Gasteiger partial charge < -0.3 is 14.2 Å². The van der Waals surface area contributed by atoms with Crippen LogP contribution in [-0.2, 0) is 19.0 Å². The second-order valence-electron chi connectivity index (χ2n) is 3.99. The summed E-state index contributed by atoms with van der Waals surface area (Å²) in [6.07, 6.45) is 0. The molecule has 0 aliphatic carbocycles. The number of hydrogen-bond donors (Lipinski definition) is 0. The number of ether oxygens (including phenoxy) is 3. The smallest absolute Gasteiger partial charge is 0.334 e. The zero-order valence-electron chi connectivity index (χ0n) is 12.4. The van der Waals surface area contributed by atoms with Crippen LogP contribution in [0.3, 0.4) is 0 Å². The van der Waals surface area contributed by atoms with Crippen molar-refractivity contribution in [3.8, 4) is 0 Å². The number of rotatable bonds is 12. The van der Waals surface area contributed by atoms with Crippen molar-refractivity contribution in [3.05, 3.63) is 12.2 Å². The van der Waals surface area contributed by atoms with E-state index in [9.17, 15) is 4.79 Å². The van der Waals surface area contributed by atoms with Gasteiger partial charge in [-0.05, 0) is 20.8 Å². The van der Waals surface area contributed by atoms with E-state index in [-0.39, 0.29) is 5.97 Å². The zero-order chi connectivity index (χ0) is 14.5. The number of carbonyl (C=O) groups excluding carboxylic acids is 1. The van der Waals surface area contributed by atoms with Gasteiger partial charge in [-0.3, -0.25) is 4.90 Å². The highest BCUT2D eigenvalue weighted by Crippen LogP contribution is 2.00. The Morgan fingerprint density at radius 3 is 1.95 bits per heavy atom. The lowest BCUT2D eigenvalue weighted by Gasteiger charge is -2.22. The fourth-order valence-electron chi connectivity index (χ4n) is 1.51. The SMILES string of the molecule is C=C(CN(CCOCC)CCOCC)C(=O)OCC. The molecule has 19 heavy (non-hydrogen) atoms.